The van der Waals surface area contributed by atoms with Crippen LogP contribution in [0.2, 0.25) is 0 Å². The van der Waals surface area contributed by atoms with E-state index in [0.29, 0.717) is 25.4 Å². The van der Waals surface area contributed by atoms with Gasteiger partial charge in [0.05, 0.1) is 6.54 Å². The van der Waals surface area contributed by atoms with E-state index in [1.54, 1.807) is 13.1 Å². The molecule has 0 aliphatic carbocycles. The summed E-state index contributed by atoms with van der Waals surface area (Å²) in [5.41, 5.74) is 0. The van der Waals surface area contributed by atoms with Crippen LogP contribution in [0.5, 0.6) is 0 Å². The summed E-state index contributed by atoms with van der Waals surface area (Å²) in [6.07, 6.45) is 0. The van der Waals surface area contributed by atoms with Crippen molar-refractivity contribution < 1.29 is 12.8 Å². The fraction of sp³-hybridized carbons (Fsp3) is 0.636. The molecule has 0 bridgehead atoms. The number of furan rings is 1. The van der Waals surface area contributed by atoms with Gasteiger partial charge in [0.15, 0.2) is 0 Å². The summed E-state index contributed by atoms with van der Waals surface area (Å²) in [7, 11) is 0.177. The molecule has 7 heteroatoms. The summed E-state index contributed by atoms with van der Waals surface area (Å²) in [6.45, 7) is 4.45. The van der Waals surface area contributed by atoms with Crippen molar-refractivity contribution in [2.45, 2.75) is 18.6 Å². The normalized spacial score (nSPS) is 12.2. The van der Waals surface area contributed by atoms with E-state index < -0.39 is 10.0 Å². The van der Waals surface area contributed by atoms with Crippen LogP contribution in [0.3, 0.4) is 0 Å². The highest BCUT2D eigenvalue weighted by Crippen LogP contribution is 2.13. The van der Waals surface area contributed by atoms with Gasteiger partial charge in [0.2, 0.25) is 5.09 Å². The minimum atomic E-state index is -3.53. The summed E-state index contributed by atoms with van der Waals surface area (Å²) >= 11 is 0. The van der Waals surface area contributed by atoms with E-state index in [2.05, 4.69) is 10.0 Å². The Bertz CT molecular complexity index is 456. The predicted octanol–water partition coefficient (Wildman–Crippen LogP) is 0.229. The molecule has 0 aromatic carbocycles. The topological polar surface area (TPSA) is 74.6 Å². The number of nitrogens with zero attached hydrogens (tertiary/aromatic N) is 1. The number of sulfonamides is 1. The van der Waals surface area contributed by atoms with Gasteiger partial charge in [-0.2, -0.15) is 0 Å². The Hall–Kier alpha value is -0.890. The first-order valence-electron chi connectivity index (χ1n) is 5.91. The van der Waals surface area contributed by atoms with Crippen molar-refractivity contribution in [2.24, 2.45) is 0 Å². The number of hydrogen-bond acceptors (Lipinski definition) is 5. The smallest absolute Gasteiger partial charge is 0.274 e. The monoisotopic (exact) mass is 275 g/mol. The van der Waals surface area contributed by atoms with Crippen molar-refractivity contribution in [3.63, 3.8) is 0 Å². The van der Waals surface area contributed by atoms with Crippen LogP contribution in [0.4, 0.5) is 0 Å². The molecule has 0 atom stereocenters. The molecule has 0 unspecified atom stereocenters. The first kappa shape index (κ1) is 15.2. The zero-order valence-electron chi connectivity index (χ0n) is 11.1. The molecule has 0 spiro atoms. The second-order valence-electron chi connectivity index (χ2n) is 4.04. The van der Waals surface area contributed by atoms with Crippen LogP contribution >= 0.6 is 0 Å². The quantitative estimate of drug-likeness (QED) is 0.710. The van der Waals surface area contributed by atoms with Gasteiger partial charge < -0.3 is 14.6 Å². The van der Waals surface area contributed by atoms with Crippen LogP contribution in [-0.2, 0) is 16.6 Å². The lowest BCUT2D eigenvalue weighted by molar-refractivity contribution is 0.356. The van der Waals surface area contributed by atoms with Gasteiger partial charge in [-0.3, -0.25) is 0 Å². The maximum atomic E-state index is 11.9. The minimum Gasteiger partial charge on any atom is -0.447 e. The molecule has 0 radical (unpaired) electrons. The van der Waals surface area contributed by atoms with E-state index in [4.69, 9.17) is 4.42 Å². The second kappa shape index (κ2) is 6.89. The van der Waals surface area contributed by atoms with Gasteiger partial charge in [-0.15, -0.1) is 0 Å². The number of likely N-dealkylation sites (N-methyl/N-ethyl adjacent to an activating group) is 1. The van der Waals surface area contributed by atoms with E-state index >= 15 is 0 Å². The second-order valence-corrected chi connectivity index (χ2v) is 5.74. The molecular weight excluding hydrogens is 254 g/mol. The Balaban J connectivity index is 2.56. The average molecular weight is 275 g/mol. The van der Waals surface area contributed by atoms with Gasteiger partial charge in [0, 0.05) is 13.1 Å². The molecule has 1 rings (SSSR count). The van der Waals surface area contributed by atoms with E-state index in [1.807, 2.05) is 18.9 Å². The van der Waals surface area contributed by atoms with Crippen molar-refractivity contribution in [2.75, 3.05) is 33.7 Å². The first-order chi connectivity index (χ1) is 8.49. The van der Waals surface area contributed by atoms with Crippen molar-refractivity contribution >= 4 is 10.0 Å². The highest BCUT2D eigenvalue weighted by Gasteiger charge is 2.18. The number of hydrogen-bond donors (Lipinski definition) is 2. The molecule has 0 aliphatic rings. The molecule has 6 nitrogen and oxygen atoms in total. The van der Waals surface area contributed by atoms with Crippen molar-refractivity contribution in [3.8, 4) is 0 Å². The molecule has 0 saturated carbocycles. The minimum absolute atomic E-state index is 0.0353. The fourth-order valence-electron chi connectivity index (χ4n) is 1.37. The fourth-order valence-corrected chi connectivity index (χ4v) is 2.34. The summed E-state index contributed by atoms with van der Waals surface area (Å²) < 4.78 is 31.5. The zero-order valence-corrected chi connectivity index (χ0v) is 11.9. The Morgan fingerprint density at radius 1 is 1.39 bits per heavy atom. The molecular formula is C11H21N3O3S. The highest BCUT2D eigenvalue weighted by atomic mass is 32.2. The van der Waals surface area contributed by atoms with E-state index in [-0.39, 0.29) is 5.09 Å². The molecule has 1 aromatic heterocycles. The first-order valence-corrected chi connectivity index (χ1v) is 7.39. The van der Waals surface area contributed by atoms with Gasteiger partial charge in [-0.25, -0.2) is 13.1 Å². The zero-order chi connectivity index (χ0) is 13.6. The van der Waals surface area contributed by atoms with Crippen molar-refractivity contribution in [1.29, 1.82) is 0 Å². The van der Waals surface area contributed by atoms with Crippen molar-refractivity contribution in [1.82, 2.24) is 14.9 Å². The van der Waals surface area contributed by atoms with Crippen LogP contribution in [0, 0.1) is 0 Å². The molecule has 0 aliphatic heterocycles. The SMILES string of the molecule is CCN(C)CCNS(=O)(=O)c1ccc(CNC)o1. The third-order valence-corrected chi connectivity index (χ3v) is 3.91. The molecule has 2 N–H and O–H groups in total. The predicted molar refractivity (Wildman–Crippen MR) is 69.8 cm³/mol. The Morgan fingerprint density at radius 3 is 2.72 bits per heavy atom. The Morgan fingerprint density at radius 2 is 2.11 bits per heavy atom. The van der Waals surface area contributed by atoms with Crippen LogP contribution < -0.4 is 10.0 Å². The molecule has 1 heterocycles. The van der Waals surface area contributed by atoms with Gasteiger partial charge in [-0.05, 0) is 32.8 Å². The lowest BCUT2D eigenvalue weighted by Gasteiger charge is -2.13. The number of nitrogens with one attached hydrogen (secondary N) is 2. The third-order valence-electron chi connectivity index (χ3n) is 2.58. The number of rotatable bonds is 8. The summed E-state index contributed by atoms with van der Waals surface area (Å²) in [4.78, 5) is 2.02. The molecule has 0 saturated heterocycles. The standard InChI is InChI=1S/C11H21N3O3S/c1-4-14(3)8-7-13-18(15,16)11-6-5-10(17-11)9-12-2/h5-6,12-13H,4,7-9H2,1-3H3. The molecule has 1 aromatic rings. The van der Waals surface area contributed by atoms with E-state index in [1.165, 1.54) is 6.07 Å². The van der Waals surface area contributed by atoms with Gasteiger partial charge in [-0.1, -0.05) is 6.92 Å². The largest absolute Gasteiger partial charge is 0.447 e. The van der Waals surface area contributed by atoms with Crippen LogP contribution in [0.1, 0.15) is 12.7 Å². The maximum absolute atomic E-state index is 11.9. The average Bonchev–Trinajstić information content (AvgIpc) is 2.78. The molecule has 104 valence electrons. The third kappa shape index (κ3) is 4.41. The van der Waals surface area contributed by atoms with Crippen LogP contribution in [-0.4, -0.2) is 47.0 Å². The lowest BCUT2D eigenvalue weighted by Crippen LogP contribution is -2.32. The van der Waals surface area contributed by atoms with Gasteiger partial charge in [0.1, 0.15) is 5.76 Å². The molecule has 18 heavy (non-hydrogen) atoms. The van der Waals surface area contributed by atoms with Gasteiger partial charge >= 0.3 is 0 Å². The summed E-state index contributed by atoms with van der Waals surface area (Å²) in [6, 6.07) is 3.13. The Kier molecular flexibility index (Phi) is 5.80. The van der Waals surface area contributed by atoms with Crippen LogP contribution in [0.15, 0.2) is 21.6 Å². The van der Waals surface area contributed by atoms with Crippen LogP contribution in [0.25, 0.3) is 0 Å². The highest BCUT2D eigenvalue weighted by molar-refractivity contribution is 7.89. The Labute approximate surface area is 108 Å². The van der Waals surface area contributed by atoms with Crippen molar-refractivity contribution in [3.05, 3.63) is 17.9 Å². The molecule has 0 fully saturated rings. The molecule has 0 amide bonds. The maximum Gasteiger partial charge on any atom is 0.274 e. The van der Waals surface area contributed by atoms with E-state index in [0.717, 1.165) is 6.54 Å². The van der Waals surface area contributed by atoms with Gasteiger partial charge in [0.25, 0.3) is 10.0 Å². The van der Waals surface area contributed by atoms with E-state index in [9.17, 15) is 8.42 Å². The summed E-state index contributed by atoms with van der Waals surface area (Å²) in [5, 5.41) is 2.86. The summed E-state index contributed by atoms with van der Waals surface area (Å²) in [5.74, 6) is 0.601. The lowest BCUT2D eigenvalue weighted by atomic mass is 10.4.